The van der Waals surface area contributed by atoms with E-state index in [1.54, 1.807) is 38.2 Å². The lowest BCUT2D eigenvalue weighted by molar-refractivity contribution is -0.116. The number of amides is 2. The summed E-state index contributed by atoms with van der Waals surface area (Å²) in [5.74, 6) is -0.631. The summed E-state index contributed by atoms with van der Waals surface area (Å²) in [4.78, 5) is 24.6. The lowest BCUT2D eigenvalue weighted by Crippen LogP contribution is -2.35. The normalized spacial score (nSPS) is 15.6. The van der Waals surface area contributed by atoms with Crippen molar-refractivity contribution in [2.45, 2.75) is 37.1 Å². The number of halogens is 1. The van der Waals surface area contributed by atoms with Crippen molar-refractivity contribution in [2.24, 2.45) is 0 Å². The van der Waals surface area contributed by atoms with Gasteiger partial charge in [-0.25, -0.2) is 8.42 Å². The Morgan fingerprint density at radius 2 is 1.78 bits per heavy atom. The highest BCUT2D eigenvalue weighted by molar-refractivity contribution is 7.89. The van der Waals surface area contributed by atoms with E-state index in [0.29, 0.717) is 24.3 Å². The minimum atomic E-state index is -3.65. The minimum Gasteiger partial charge on any atom is -0.374 e. The highest BCUT2D eigenvalue weighted by atomic mass is 35.5. The maximum Gasteiger partial charge on any atom is 0.251 e. The number of carbonyl (C=O) groups excluding carboxylic acids is 2. The number of rotatable bonds is 7. The molecule has 1 heterocycles. The van der Waals surface area contributed by atoms with Crippen molar-refractivity contribution in [2.75, 3.05) is 30.8 Å². The lowest BCUT2D eigenvalue weighted by Gasteiger charge is -2.26. The van der Waals surface area contributed by atoms with Gasteiger partial charge in [0.15, 0.2) is 0 Å². The van der Waals surface area contributed by atoms with Gasteiger partial charge in [-0.05, 0) is 56.2 Å². The van der Waals surface area contributed by atoms with Gasteiger partial charge in [0.2, 0.25) is 15.9 Å². The van der Waals surface area contributed by atoms with Crippen LogP contribution in [0.15, 0.2) is 47.4 Å². The van der Waals surface area contributed by atoms with Crippen molar-refractivity contribution in [1.82, 2.24) is 9.62 Å². The third kappa shape index (κ3) is 5.59. The molecule has 8 nitrogen and oxygen atoms in total. The second-order valence-corrected chi connectivity index (χ2v) is 9.97. The molecule has 2 aromatic rings. The second kappa shape index (κ2) is 10.3. The summed E-state index contributed by atoms with van der Waals surface area (Å²) in [5, 5.41) is 8.53. The molecule has 1 aliphatic rings. The fourth-order valence-electron chi connectivity index (χ4n) is 3.47. The number of nitrogens with one attached hydrogen (secondary N) is 3. The maximum atomic E-state index is 12.9. The number of piperidine rings is 1. The van der Waals surface area contributed by atoms with Gasteiger partial charge in [0, 0.05) is 31.4 Å². The van der Waals surface area contributed by atoms with E-state index in [4.69, 9.17) is 11.6 Å². The van der Waals surface area contributed by atoms with E-state index in [2.05, 4.69) is 16.0 Å². The molecule has 0 spiro atoms. The number of nitrogens with zero attached hydrogens (tertiary/aromatic N) is 1. The molecule has 1 saturated heterocycles. The Bertz CT molecular complexity index is 1100. The number of sulfonamides is 1. The molecule has 10 heteroatoms. The summed E-state index contributed by atoms with van der Waals surface area (Å²) in [6, 6.07) is 10.4. The van der Waals surface area contributed by atoms with E-state index in [-0.39, 0.29) is 21.5 Å². The van der Waals surface area contributed by atoms with Crippen LogP contribution in [0.4, 0.5) is 11.4 Å². The summed E-state index contributed by atoms with van der Waals surface area (Å²) in [7, 11) is -2.11. The van der Waals surface area contributed by atoms with Crippen molar-refractivity contribution in [3.63, 3.8) is 0 Å². The monoisotopic (exact) mass is 478 g/mol. The Balaban J connectivity index is 1.73. The van der Waals surface area contributed by atoms with Gasteiger partial charge in [0.1, 0.15) is 6.04 Å². The molecule has 0 unspecified atom stereocenters. The summed E-state index contributed by atoms with van der Waals surface area (Å²) in [6.45, 7) is 2.63. The zero-order chi connectivity index (χ0) is 23.3. The van der Waals surface area contributed by atoms with Crippen LogP contribution in [0, 0.1) is 0 Å². The van der Waals surface area contributed by atoms with Gasteiger partial charge in [-0.2, -0.15) is 4.31 Å². The van der Waals surface area contributed by atoms with Gasteiger partial charge in [0.05, 0.1) is 15.6 Å². The average molecular weight is 479 g/mol. The number of carbonyl (C=O) groups is 2. The van der Waals surface area contributed by atoms with Crippen molar-refractivity contribution < 1.29 is 18.0 Å². The molecule has 172 valence electrons. The largest absolute Gasteiger partial charge is 0.374 e. The Morgan fingerprint density at radius 3 is 2.47 bits per heavy atom. The van der Waals surface area contributed by atoms with Crippen LogP contribution in [0.2, 0.25) is 5.02 Å². The first-order valence-corrected chi connectivity index (χ1v) is 12.2. The third-order valence-electron chi connectivity index (χ3n) is 5.28. The Morgan fingerprint density at radius 1 is 1.06 bits per heavy atom. The standard InChI is InChI=1S/C22H27ClN4O4S/c1-15(25-17-8-6-7-16(13-17)22(29)24-2)21(28)26-20-14-18(9-10-19(20)23)32(30,31)27-11-4-3-5-12-27/h6-10,13-15,25H,3-5,11-12H2,1-2H3,(H,24,29)(H,26,28)/t15-/m1/s1. The van der Waals surface area contributed by atoms with Gasteiger partial charge < -0.3 is 16.0 Å². The molecule has 1 fully saturated rings. The Kier molecular flexibility index (Phi) is 7.76. The summed E-state index contributed by atoms with van der Waals surface area (Å²) in [6.07, 6.45) is 2.69. The smallest absolute Gasteiger partial charge is 0.251 e. The Hall–Kier alpha value is -2.62. The van der Waals surface area contributed by atoms with Crippen LogP contribution in [0.25, 0.3) is 0 Å². The second-order valence-electron chi connectivity index (χ2n) is 7.62. The van der Waals surface area contributed by atoms with Gasteiger partial charge in [-0.1, -0.05) is 24.1 Å². The van der Waals surface area contributed by atoms with E-state index < -0.39 is 22.0 Å². The SMILES string of the molecule is CNC(=O)c1cccc(N[C@H](C)C(=O)Nc2cc(S(=O)(=O)N3CCCCC3)ccc2Cl)c1. The number of anilines is 2. The topological polar surface area (TPSA) is 108 Å². The Labute approximate surface area is 193 Å². The van der Waals surface area contributed by atoms with Gasteiger partial charge in [0.25, 0.3) is 5.91 Å². The first kappa shape index (κ1) is 24.0. The molecule has 3 N–H and O–H groups in total. The number of hydrogen-bond donors (Lipinski definition) is 3. The fraction of sp³-hybridized carbons (Fsp3) is 0.364. The van der Waals surface area contributed by atoms with Crippen LogP contribution in [-0.2, 0) is 14.8 Å². The first-order valence-electron chi connectivity index (χ1n) is 10.4. The molecule has 0 radical (unpaired) electrons. The molecule has 0 saturated carbocycles. The molecule has 0 bridgehead atoms. The molecule has 3 rings (SSSR count). The molecule has 2 aromatic carbocycles. The van der Waals surface area contributed by atoms with E-state index in [9.17, 15) is 18.0 Å². The number of hydrogen-bond acceptors (Lipinski definition) is 5. The highest BCUT2D eigenvalue weighted by Gasteiger charge is 2.27. The maximum absolute atomic E-state index is 12.9. The van der Waals surface area contributed by atoms with Gasteiger partial charge in [-0.3, -0.25) is 9.59 Å². The van der Waals surface area contributed by atoms with Gasteiger partial charge >= 0.3 is 0 Å². The fourth-order valence-corrected chi connectivity index (χ4v) is 5.17. The molecule has 0 aromatic heterocycles. The lowest BCUT2D eigenvalue weighted by atomic mass is 10.1. The number of benzene rings is 2. The first-order chi connectivity index (χ1) is 15.2. The van der Waals surface area contributed by atoms with E-state index in [1.165, 1.54) is 22.5 Å². The van der Waals surface area contributed by atoms with Crippen molar-refractivity contribution in [3.8, 4) is 0 Å². The zero-order valence-corrected chi connectivity index (χ0v) is 19.6. The molecule has 1 aliphatic heterocycles. The van der Waals surface area contributed by atoms with Crippen LogP contribution >= 0.6 is 11.6 Å². The van der Waals surface area contributed by atoms with E-state index >= 15 is 0 Å². The zero-order valence-electron chi connectivity index (χ0n) is 18.0. The van der Waals surface area contributed by atoms with E-state index in [1.807, 2.05) is 0 Å². The minimum absolute atomic E-state index is 0.0954. The van der Waals surface area contributed by atoms with Crippen molar-refractivity contribution in [3.05, 3.63) is 53.1 Å². The predicted molar refractivity (Wildman–Crippen MR) is 126 cm³/mol. The van der Waals surface area contributed by atoms with Crippen LogP contribution < -0.4 is 16.0 Å². The highest BCUT2D eigenvalue weighted by Crippen LogP contribution is 2.28. The molecular formula is C22H27ClN4O4S. The quantitative estimate of drug-likeness (QED) is 0.565. The predicted octanol–water partition coefficient (Wildman–Crippen LogP) is 3.31. The summed E-state index contributed by atoms with van der Waals surface area (Å²) < 4.78 is 27.4. The molecular weight excluding hydrogens is 452 g/mol. The molecule has 2 amide bonds. The van der Waals surface area contributed by atoms with E-state index in [0.717, 1.165) is 19.3 Å². The van der Waals surface area contributed by atoms with Gasteiger partial charge in [-0.15, -0.1) is 0 Å². The van der Waals surface area contributed by atoms with Crippen LogP contribution in [0.3, 0.4) is 0 Å². The van der Waals surface area contributed by atoms with Crippen LogP contribution in [0.1, 0.15) is 36.5 Å². The van der Waals surface area contributed by atoms with Crippen LogP contribution in [-0.4, -0.2) is 50.7 Å². The summed E-state index contributed by atoms with van der Waals surface area (Å²) >= 11 is 6.22. The molecule has 32 heavy (non-hydrogen) atoms. The third-order valence-corrected chi connectivity index (χ3v) is 7.50. The van der Waals surface area contributed by atoms with Crippen LogP contribution in [0.5, 0.6) is 0 Å². The van der Waals surface area contributed by atoms with Crippen molar-refractivity contribution in [1.29, 1.82) is 0 Å². The van der Waals surface area contributed by atoms with Crippen molar-refractivity contribution >= 4 is 44.8 Å². The average Bonchev–Trinajstić information content (AvgIpc) is 2.80. The summed E-state index contributed by atoms with van der Waals surface area (Å²) in [5.41, 5.74) is 1.28. The molecule has 1 atom stereocenters. The molecule has 0 aliphatic carbocycles.